The summed E-state index contributed by atoms with van der Waals surface area (Å²) in [6.07, 6.45) is 0.546. The number of nitrogens with zero attached hydrogens (tertiary/aromatic N) is 2. The van der Waals surface area contributed by atoms with Crippen LogP contribution in [0.1, 0.15) is 61.5 Å². The normalized spacial score (nSPS) is 11.4. The van der Waals surface area contributed by atoms with Crippen molar-refractivity contribution >= 4 is 6.03 Å². The number of carbonyl (C=O) groups is 1. The van der Waals surface area contributed by atoms with Crippen molar-refractivity contribution in [2.45, 2.75) is 67.0 Å². The molecule has 0 spiro atoms. The van der Waals surface area contributed by atoms with Crippen LogP contribution in [0.5, 0.6) is 0 Å². The van der Waals surface area contributed by atoms with Gasteiger partial charge < -0.3 is 15.2 Å². The van der Waals surface area contributed by atoms with Crippen molar-refractivity contribution in [3.05, 3.63) is 62.3 Å². The molecule has 28 heavy (non-hydrogen) atoms. The monoisotopic (exact) mass is 384 g/mol. The molecule has 0 saturated carbocycles. The Morgan fingerprint density at radius 1 is 1.21 bits per heavy atom. The average Bonchev–Trinajstić information content (AvgIpc) is 2.57. The van der Waals surface area contributed by atoms with Gasteiger partial charge in [0.1, 0.15) is 5.82 Å². The molecule has 0 aliphatic carbocycles. The highest BCUT2D eigenvalue weighted by molar-refractivity contribution is 5.74. The smallest absolute Gasteiger partial charge is 0.318 e. The van der Waals surface area contributed by atoms with Crippen LogP contribution in [0.3, 0.4) is 0 Å². The summed E-state index contributed by atoms with van der Waals surface area (Å²) in [6, 6.07) is 6.08. The lowest BCUT2D eigenvalue weighted by molar-refractivity contribution is 0.187. The van der Waals surface area contributed by atoms with Crippen LogP contribution in [-0.2, 0) is 13.0 Å². The highest BCUT2D eigenvalue weighted by Gasteiger charge is 2.20. The summed E-state index contributed by atoms with van der Waals surface area (Å²) >= 11 is 0. The van der Waals surface area contributed by atoms with Crippen LogP contribution in [0.25, 0.3) is 0 Å². The number of aromatic amines is 1. The number of benzene rings is 1. The molecule has 6 heteroatoms. The topological polar surface area (TPSA) is 78.1 Å². The van der Waals surface area contributed by atoms with Gasteiger partial charge in [0.25, 0.3) is 5.56 Å². The second-order valence-electron chi connectivity index (χ2n) is 8.38. The maximum absolute atomic E-state index is 12.7. The number of hydrogen-bond donors (Lipinski definition) is 2. The van der Waals surface area contributed by atoms with Crippen molar-refractivity contribution in [2.24, 2.45) is 0 Å². The summed E-state index contributed by atoms with van der Waals surface area (Å²) in [6.45, 7) is 14.4. The minimum absolute atomic E-state index is 0.143. The van der Waals surface area contributed by atoms with Gasteiger partial charge in [-0.3, -0.25) is 4.79 Å². The van der Waals surface area contributed by atoms with E-state index in [1.54, 1.807) is 4.90 Å². The molecular formula is C22H32N4O2. The van der Waals surface area contributed by atoms with Gasteiger partial charge in [-0.1, -0.05) is 23.8 Å². The molecule has 0 aliphatic heterocycles. The lowest BCUT2D eigenvalue weighted by atomic mass is 9.98. The van der Waals surface area contributed by atoms with E-state index in [0.29, 0.717) is 30.0 Å². The number of rotatable bonds is 5. The minimum Gasteiger partial charge on any atom is -0.333 e. The number of carbonyl (C=O) groups excluding carboxylic acids is 1. The van der Waals surface area contributed by atoms with Crippen molar-refractivity contribution in [3.8, 4) is 0 Å². The lowest BCUT2D eigenvalue weighted by Gasteiger charge is -2.27. The van der Waals surface area contributed by atoms with E-state index in [1.807, 2.05) is 48.5 Å². The third-order valence-electron chi connectivity index (χ3n) is 4.63. The first-order chi connectivity index (χ1) is 13.0. The number of nitrogens with one attached hydrogen (secondary N) is 2. The van der Waals surface area contributed by atoms with E-state index < -0.39 is 0 Å². The summed E-state index contributed by atoms with van der Waals surface area (Å²) in [5, 5.41) is 2.94. The number of aromatic nitrogens is 2. The molecule has 2 aromatic rings. The third kappa shape index (κ3) is 5.68. The fourth-order valence-corrected chi connectivity index (χ4v) is 3.04. The van der Waals surface area contributed by atoms with Gasteiger partial charge in [0.15, 0.2) is 0 Å². The Hall–Kier alpha value is -2.63. The van der Waals surface area contributed by atoms with Gasteiger partial charge in [0.2, 0.25) is 0 Å². The Labute approximate surface area is 167 Å². The predicted octanol–water partition coefficient (Wildman–Crippen LogP) is 3.62. The Balaban J connectivity index is 2.24. The zero-order valence-electron chi connectivity index (χ0n) is 18.1. The molecule has 0 radical (unpaired) electrons. The molecule has 1 aromatic carbocycles. The first-order valence-electron chi connectivity index (χ1n) is 9.72. The van der Waals surface area contributed by atoms with Gasteiger partial charge in [0, 0.05) is 29.8 Å². The van der Waals surface area contributed by atoms with E-state index in [1.165, 1.54) is 5.56 Å². The zero-order chi connectivity index (χ0) is 21.1. The molecule has 1 aromatic heterocycles. The molecule has 2 amide bonds. The molecule has 0 atom stereocenters. The Morgan fingerprint density at radius 2 is 1.89 bits per heavy atom. The zero-order valence-corrected chi connectivity index (χ0v) is 18.1. The second kappa shape index (κ2) is 8.59. The summed E-state index contributed by atoms with van der Waals surface area (Å²) < 4.78 is 0. The van der Waals surface area contributed by atoms with Crippen LogP contribution in [0.2, 0.25) is 0 Å². The third-order valence-corrected chi connectivity index (χ3v) is 4.63. The number of H-pyrrole nitrogens is 1. The highest BCUT2D eigenvalue weighted by atomic mass is 16.2. The fraction of sp³-hybridized carbons (Fsp3) is 0.500. The molecule has 0 bridgehead atoms. The second-order valence-corrected chi connectivity index (χ2v) is 8.38. The summed E-state index contributed by atoms with van der Waals surface area (Å²) in [5.74, 6) is 0.498. The largest absolute Gasteiger partial charge is 0.333 e. The predicted molar refractivity (Wildman–Crippen MR) is 113 cm³/mol. The van der Waals surface area contributed by atoms with Crippen LogP contribution < -0.4 is 10.9 Å². The van der Waals surface area contributed by atoms with E-state index in [4.69, 9.17) is 0 Å². The van der Waals surface area contributed by atoms with E-state index in [0.717, 1.165) is 11.1 Å². The molecular weight excluding hydrogens is 352 g/mol. The van der Waals surface area contributed by atoms with E-state index in [2.05, 4.69) is 33.5 Å². The molecule has 2 rings (SSSR count). The summed E-state index contributed by atoms with van der Waals surface area (Å²) in [4.78, 5) is 34.2. The highest BCUT2D eigenvalue weighted by Crippen LogP contribution is 2.15. The average molecular weight is 385 g/mol. The summed E-state index contributed by atoms with van der Waals surface area (Å²) in [7, 11) is 0. The standard InChI is InChI=1S/C22H32N4O2/c1-8-26(21(28)25-22(5,6)7)13-19-23-16(4)18(20(27)24-19)12-17-11-14(2)9-10-15(17)3/h9-11H,8,12-13H2,1-7H3,(H,25,28)(H,23,24,27). The van der Waals surface area contributed by atoms with Crippen molar-refractivity contribution in [2.75, 3.05) is 6.54 Å². The maximum Gasteiger partial charge on any atom is 0.318 e. The van der Waals surface area contributed by atoms with Gasteiger partial charge in [0.05, 0.1) is 6.54 Å². The number of hydrogen-bond acceptors (Lipinski definition) is 3. The SMILES string of the molecule is CCN(Cc1nc(C)c(Cc2cc(C)ccc2C)c(=O)[nH]1)C(=O)NC(C)(C)C. The minimum atomic E-state index is -0.323. The lowest BCUT2D eigenvalue weighted by Crippen LogP contribution is -2.48. The number of amides is 2. The van der Waals surface area contributed by atoms with Gasteiger partial charge in [-0.15, -0.1) is 0 Å². The molecule has 0 aliphatic rings. The molecule has 2 N–H and O–H groups in total. The first-order valence-corrected chi connectivity index (χ1v) is 9.72. The van der Waals surface area contributed by atoms with Gasteiger partial charge in [-0.25, -0.2) is 9.78 Å². The summed E-state index contributed by atoms with van der Waals surface area (Å²) in [5.41, 5.74) is 4.36. The first kappa shape index (κ1) is 21.7. The van der Waals surface area contributed by atoms with E-state index in [-0.39, 0.29) is 23.7 Å². The molecule has 1 heterocycles. The molecule has 152 valence electrons. The molecule has 6 nitrogen and oxygen atoms in total. The van der Waals surface area contributed by atoms with Crippen LogP contribution in [-0.4, -0.2) is 33.0 Å². The van der Waals surface area contributed by atoms with Gasteiger partial charge in [-0.2, -0.15) is 0 Å². The number of aryl methyl sites for hydroxylation is 3. The van der Waals surface area contributed by atoms with Gasteiger partial charge >= 0.3 is 6.03 Å². The van der Waals surface area contributed by atoms with Crippen LogP contribution in [0.15, 0.2) is 23.0 Å². The van der Waals surface area contributed by atoms with Crippen LogP contribution in [0, 0.1) is 20.8 Å². The van der Waals surface area contributed by atoms with Crippen molar-refractivity contribution in [1.29, 1.82) is 0 Å². The molecule has 0 unspecified atom stereocenters. The van der Waals surface area contributed by atoms with E-state index in [9.17, 15) is 9.59 Å². The van der Waals surface area contributed by atoms with Crippen molar-refractivity contribution < 1.29 is 4.79 Å². The van der Waals surface area contributed by atoms with Crippen molar-refractivity contribution in [1.82, 2.24) is 20.2 Å². The Morgan fingerprint density at radius 3 is 2.46 bits per heavy atom. The maximum atomic E-state index is 12.7. The quantitative estimate of drug-likeness (QED) is 0.826. The van der Waals surface area contributed by atoms with E-state index >= 15 is 0 Å². The molecule has 0 saturated heterocycles. The van der Waals surface area contributed by atoms with Crippen LogP contribution in [0.4, 0.5) is 4.79 Å². The Kier molecular flexibility index (Phi) is 6.65. The van der Waals surface area contributed by atoms with Crippen molar-refractivity contribution in [3.63, 3.8) is 0 Å². The van der Waals surface area contributed by atoms with Crippen LogP contribution >= 0.6 is 0 Å². The Bertz CT molecular complexity index is 910. The number of urea groups is 1. The van der Waals surface area contributed by atoms with Gasteiger partial charge in [-0.05, 0) is 59.6 Å². The molecule has 0 fully saturated rings. The fourth-order valence-electron chi connectivity index (χ4n) is 3.04.